The van der Waals surface area contributed by atoms with Crippen LogP contribution in [0, 0.1) is 0 Å². The number of hydrogen-bond donors (Lipinski definition) is 3. The molecule has 0 unspecified atom stereocenters. The molecular formula is C25H36N8O. The van der Waals surface area contributed by atoms with Gasteiger partial charge in [0.2, 0.25) is 5.95 Å². The predicted octanol–water partition coefficient (Wildman–Crippen LogP) is 3.16. The first kappa shape index (κ1) is 24.1. The molecule has 0 spiro atoms. The number of nitrogens with zero attached hydrogens (tertiary/aromatic N) is 6. The molecule has 3 aromatic rings. The van der Waals surface area contributed by atoms with Gasteiger partial charge in [-0.25, -0.2) is 9.97 Å². The van der Waals surface area contributed by atoms with Crippen LogP contribution in [0.2, 0.25) is 0 Å². The summed E-state index contributed by atoms with van der Waals surface area (Å²) >= 11 is 0. The Balaban J connectivity index is 1.57. The number of nitrogens with one attached hydrogen (secondary N) is 1. The third kappa shape index (κ3) is 5.37. The highest BCUT2D eigenvalue weighted by molar-refractivity contribution is 5.91. The highest BCUT2D eigenvalue weighted by atomic mass is 16.3. The van der Waals surface area contributed by atoms with E-state index in [0.717, 1.165) is 74.4 Å². The Bertz CT molecular complexity index is 1100. The third-order valence-electron chi connectivity index (χ3n) is 6.64. The number of aromatic nitrogens is 4. The van der Waals surface area contributed by atoms with Gasteiger partial charge < -0.3 is 26.0 Å². The summed E-state index contributed by atoms with van der Waals surface area (Å²) in [4.78, 5) is 23.0. The van der Waals surface area contributed by atoms with Crippen molar-refractivity contribution >= 4 is 28.5 Å². The highest BCUT2D eigenvalue weighted by Crippen LogP contribution is 2.29. The van der Waals surface area contributed by atoms with Crippen LogP contribution in [0.5, 0.6) is 0 Å². The summed E-state index contributed by atoms with van der Waals surface area (Å²) in [5.41, 5.74) is 7.94. The van der Waals surface area contributed by atoms with Crippen LogP contribution >= 0.6 is 0 Å². The van der Waals surface area contributed by atoms with Gasteiger partial charge in [0.15, 0.2) is 0 Å². The van der Waals surface area contributed by atoms with Crippen molar-refractivity contribution < 1.29 is 5.11 Å². The van der Waals surface area contributed by atoms with Crippen molar-refractivity contribution in [2.24, 2.45) is 0 Å². The molecule has 0 aromatic carbocycles. The molecular weight excluding hydrogens is 428 g/mol. The van der Waals surface area contributed by atoms with E-state index in [1.54, 1.807) is 6.20 Å². The standard InChI is InChI=1S/C25H36N8O/c1-4-6-9-25(3,17-34)31-23-19-16-27-20(14-21(19)29-24(26)30-23)18-7-8-22(28-15-18)33-12-10-32(5-2)11-13-33/h7-8,14-16,34H,4-6,9-13,17H2,1-3H3,(H3,26,29,30,31)/t25-/m1/s1. The zero-order valence-electron chi connectivity index (χ0n) is 20.5. The monoisotopic (exact) mass is 464 g/mol. The lowest BCUT2D eigenvalue weighted by Crippen LogP contribution is -2.46. The van der Waals surface area contributed by atoms with E-state index >= 15 is 0 Å². The molecule has 3 aromatic heterocycles. The van der Waals surface area contributed by atoms with E-state index in [9.17, 15) is 5.11 Å². The van der Waals surface area contributed by atoms with Gasteiger partial charge in [-0.3, -0.25) is 4.98 Å². The fraction of sp³-hybridized carbons (Fsp3) is 0.520. The van der Waals surface area contributed by atoms with Gasteiger partial charge in [0.05, 0.1) is 28.7 Å². The molecule has 0 bridgehead atoms. The number of fused-ring (bicyclic) bond motifs is 1. The zero-order chi connectivity index (χ0) is 24.1. The zero-order valence-corrected chi connectivity index (χ0v) is 20.5. The van der Waals surface area contributed by atoms with E-state index in [0.29, 0.717) is 11.3 Å². The largest absolute Gasteiger partial charge is 0.394 e. The normalized spacial score (nSPS) is 16.5. The van der Waals surface area contributed by atoms with E-state index in [-0.39, 0.29) is 12.6 Å². The number of unbranched alkanes of at least 4 members (excludes halogenated alkanes) is 1. The van der Waals surface area contributed by atoms with Gasteiger partial charge in [-0.15, -0.1) is 0 Å². The van der Waals surface area contributed by atoms with Crippen LogP contribution in [0.3, 0.4) is 0 Å². The molecule has 1 saturated heterocycles. The Morgan fingerprint density at radius 2 is 1.88 bits per heavy atom. The molecule has 4 N–H and O–H groups in total. The first-order chi connectivity index (χ1) is 16.4. The molecule has 0 saturated carbocycles. The predicted molar refractivity (Wildman–Crippen MR) is 138 cm³/mol. The van der Waals surface area contributed by atoms with Crippen LogP contribution in [0.1, 0.15) is 40.0 Å². The number of hydrogen-bond acceptors (Lipinski definition) is 9. The van der Waals surface area contributed by atoms with Crippen LogP contribution in [0.15, 0.2) is 30.6 Å². The average molecular weight is 465 g/mol. The summed E-state index contributed by atoms with van der Waals surface area (Å²) in [5, 5.41) is 14.1. The van der Waals surface area contributed by atoms with Crippen LogP contribution in [-0.4, -0.2) is 74.8 Å². The quantitative estimate of drug-likeness (QED) is 0.439. The van der Waals surface area contributed by atoms with Crippen molar-refractivity contribution in [3.05, 3.63) is 30.6 Å². The van der Waals surface area contributed by atoms with Crippen molar-refractivity contribution in [1.82, 2.24) is 24.8 Å². The molecule has 1 aliphatic heterocycles. The highest BCUT2D eigenvalue weighted by Gasteiger charge is 2.24. The minimum absolute atomic E-state index is 0.00454. The topological polar surface area (TPSA) is 116 Å². The van der Waals surface area contributed by atoms with Gasteiger partial charge in [0.1, 0.15) is 11.6 Å². The van der Waals surface area contributed by atoms with Crippen molar-refractivity contribution in [2.75, 3.05) is 55.3 Å². The lowest BCUT2D eigenvalue weighted by atomic mass is 9.95. The maximum Gasteiger partial charge on any atom is 0.222 e. The van der Waals surface area contributed by atoms with Crippen molar-refractivity contribution in [3.63, 3.8) is 0 Å². The Kier molecular flexibility index (Phi) is 7.43. The Hall–Kier alpha value is -3.04. The van der Waals surface area contributed by atoms with Crippen LogP contribution in [0.4, 0.5) is 17.6 Å². The molecule has 4 heterocycles. The van der Waals surface area contributed by atoms with E-state index in [4.69, 9.17) is 10.7 Å². The van der Waals surface area contributed by atoms with E-state index in [1.807, 2.05) is 19.2 Å². The minimum Gasteiger partial charge on any atom is -0.394 e. The number of piperazine rings is 1. The SMILES string of the molecule is CCCC[C@](C)(CO)Nc1nc(N)nc2cc(-c3ccc(N4CCN(CC)CC4)nc3)ncc12. The second kappa shape index (κ2) is 10.5. The fourth-order valence-corrected chi connectivity index (χ4v) is 4.35. The average Bonchev–Trinajstić information content (AvgIpc) is 2.87. The van der Waals surface area contributed by atoms with Gasteiger partial charge in [-0.05, 0) is 38.1 Å². The molecule has 9 heteroatoms. The van der Waals surface area contributed by atoms with Gasteiger partial charge >= 0.3 is 0 Å². The number of anilines is 3. The molecule has 182 valence electrons. The van der Waals surface area contributed by atoms with E-state index < -0.39 is 5.54 Å². The summed E-state index contributed by atoms with van der Waals surface area (Å²) in [6.07, 6.45) is 6.51. The number of pyridine rings is 2. The maximum atomic E-state index is 9.98. The summed E-state index contributed by atoms with van der Waals surface area (Å²) in [7, 11) is 0. The molecule has 1 aliphatic rings. The number of nitrogens with two attached hydrogens (primary N) is 1. The van der Waals surface area contributed by atoms with E-state index in [1.165, 1.54) is 0 Å². The summed E-state index contributed by atoms with van der Waals surface area (Å²) in [6, 6.07) is 6.03. The second-order valence-corrected chi connectivity index (χ2v) is 9.29. The number of aliphatic hydroxyl groups excluding tert-OH is 1. The van der Waals surface area contributed by atoms with Gasteiger partial charge in [0.25, 0.3) is 0 Å². The van der Waals surface area contributed by atoms with E-state index in [2.05, 4.69) is 56.0 Å². The fourth-order valence-electron chi connectivity index (χ4n) is 4.35. The molecule has 0 aliphatic carbocycles. The van der Waals surface area contributed by atoms with Crippen LogP contribution in [-0.2, 0) is 0 Å². The molecule has 4 rings (SSSR count). The molecule has 9 nitrogen and oxygen atoms in total. The number of likely N-dealkylation sites (N-methyl/N-ethyl adjacent to an activating group) is 1. The first-order valence-corrected chi connectivity index (χ1v) is 12.2. The lowest BCUT2D eigenvalue weighted by Gasteiger charge is -2.34. The first-order valence-electron chi connectivity index (χ1n) is 12.2. The molecule has 0 radical (unpaired) electrons. The summed E-state index contributed by atoms with van der Waals surface area (Å²) in [5.74, 6) is 1.77. The summed E-state index contributed by atoms with van der Waals surface area (Å²) in [6.45, 7) is 11.5. The van der Waals surface area contributed by atoms with Gasteiger partial charge in [0, 0.05) is 44.1 Å². The number of nitrogen functional groups attached to an aromatic ring is 1. The molecule has 1 atom stereocenters. The minimum atomic E-state index is -0.495. The smallest absolute Gasteiger partial charge is 0.222 e. The molecule has 34 heavy (non-hydrogen) atoms. The van der Waals surface area contributed by atoms with Gasteiger partial charge in [-0.2, -0.15) is 4.98 Å². The number of rotatable bonds is 9. The number of aliphatic hydroxyl groups is 1. The Morgan fingerprint density at radius 1 is 1.09 bits per heavy atom. The van der Waals surface area contributed by atoms with Crippen molar-refractivity contribution in [1.29, 1.82) is 0 Å². The molecule has 1 fully saturated rings. The lowest BCUT2D eigenvalue weighted by molar-refractivity contribution is 0.212. The third-order valence-corrected chi connectivity index (χ3v) is 6.64. The van der Waals surface area contributed by atoms with Crippen LogP contribution in [0.25, 0.3) is 22.2 Å². The second-order valence-electron chi connectivity index (χ2n) is 9.29. The Morgan fingerprint density at radius 3 is 2.53 bits per heavy atom. The van der Waals surface area contributed by atoms with Crippen LogP contribution < -0.4 is 16.0 Å². The summed E-state index contributed by atoms with van der Waals surface area (Å²) < 4.78 is 0. The Labute approximate surface area is 201 Å². The maximum absolute atomic E-state index is 9.98. The van der Waals surface area contributed by atoms with Crippen molar-refractivity contribution in [2.45, 2.75) is 45.6 Å². The molecule has 0 amide bonds. The van der Waals surface area contributed by atoms with Crippen molar-refractivity contribution in [3.8, 4) is 11.3 Å². The van der Waals surface area contributed by atoms with Gasteiger partial charge in [-0.1, -0.05) is 26.7 Å².